The lowest BCUT2D eigenvalue weighted by Crippen LogP contribution is -2.15. The molecule has 1 heterocycles. The highest BCUT2D eigenvalue weighted by Gasteiger charge is 2.15. The molecule has 0 aliphatic heterocycles. The van der Waals surface area contributed by atoms with Crippen molar-refractivity contribution in [3.05, 3.63) is 75.0 Å². The summed E-state index contributed by atoms with van der Waals surface area (Å²) < 4.78 is 7.55. The second-order valence-corrected chi connectivity index (χ2v) is 8.82. The quantitative estimate of drug-likeness (QED) is 0.263. The molecule has 6 nitrogen and oxygen atoms in total. The number of allylic oxidation sites excluding steroid dienone is 1. The molecule has 31 heavy (non-hydrogen) atoms. The molecule has 0 saturated heterocycles. The van der Waals surface area contributed by atoms with Crippen molar-refractivity contribution in [3.8, 4) is 5.75 Å². The standard InChI is InChI=1S/C20H16Cl4N4O2S/c1-2-5-28-18(10-30-17-9-12(21)3-4-16(17)24)26-27-20(28)31-11-19(29)25-15-7-13(22)6-14(23)8-15/h2-4,6-9H,1,5,10-11H2,(H,25,29). The minimum absolute atomic E-state index is 0.111. The van der Waals surface area contributed by atoms with Crippen LogP contribution in [0.15, 0.2) is 54.2 Å². The highest BCUT2D eigenvalue weighted by Crippen LogP contribution is 2.29. The first-order valence-electron chi connectivity index (χ1n) is 8.85. The van der Waals surface area contributed by atoms with E-state index in [-0.39, 0.29) is 18.3 Å². The van der Waals surface area contributed by atoms with E-state index < -0.39 is 0 Å². The number of hydrogen-bond acceptors (Lipinski definition) is 5. The molecule has 3 aromatic rings. The molecular weight excluding hydrogens is 502 g/mol. The summed E-state index contributed by atoms with van der Waals surface area (Å²) in [7, 11) is 0. The summed E-state index contributed by atoms with van der Waals surface area (Å²) in [5, 5.41) is 13.4. The van der Waals surface area contributed by atoms with E-state index >= 15 is 0 Å². The molecule has 0 bridgehead atoms. The summed E-state index contributed by atoms with van der Waals surface area (Å²) in [4.78, 5) is 12.3. The summed E-state index contributed by atoms with van der Waals surface area (Å²) in [6.45, 7) is 4.33. The zero-order valence-electron chi connectivity index (χ0n) is 15.9. The van der Waals surface area contributed by atoms with Gasteiger partial charge >= 0.3 is 0 Å². The average Bonchev–Trinajstić information content (AvgIpc) is 3.08. The number of nitrogens with one attached hydrogen (secondary N) is 1. The Labute approximate surface area is 203 Å². The van der Waals surface area contributed by atoms with Gasteiger partial charge in [0, 0.05) is 33.4 Å². The first-order valence-corrected chi connectivity index (χ1v) is 11.3. The van der Waals surface area contributed by atoms with Crippen molar-refractivity contribution in [2.24, 2.45) is 0 Å². The third-order valence-electron chi connectivity index (χ3n) is 3.83. The predicted molar refractivity (Wildman–Crippen MR) is 127 cm³/mol. The molecule has 0 atom stereocenters. The summed E-state index contributed by atoms with van der Waals surface area (Å²) in [5.74, 6) is 0.872. The van der Waals surface area contributed by atoms with E-state index in [4.69, 9.17) is 51.1 Å². The molecule has 0 aliphatic carbocycles. The van der Waals surface area contributed by atoms with Gasteiger partial charge in [-0.1, -0.05) is 64.2 Å². The summed E-state index contributed by atoms with van der Waals surface area (Å²) in [6.07, 6.45) is 1.71. The monoisotopic (exact) mass is 516 g/mol. The molecule has 0 spiro atoms. The molecule has 0 aliphatic rings. The summed E-state index contributed by atoms with van der Waals surface area (Å²) >= 11 is 25.3. The molecule has 1 aromatic heterocycles. The van der Waals surface area contributed by atoms with Gasteiger partial charge in [0.25, 0.3) is 0 Å². The molecule has 1 amide bonds. The van der Waals surface area contributed by atoms with E-state index in [9.17, 15) is 4.79 Å². The minimum Gasteiger partial charge on any atom is -0.484 e. The van der Waals surface area contributed by atoms with Crippen LogP contribution >= 0.6 is 58.2 Å². The maximum atomic E-state index is 12.3. The Hall–Kier alpha value is -1.90. The molecular formula is C20H16Cl4N4O2S. The van der Waals surface area contributed by atoms with Gasteiger partial charge in [0.15, 0.2) is 11.0 Å². The Bertz CT molecular complexity index is 1090. The highest BCUT2D eigenvalue weighted by atomic mass is 35.5. The van der Waals surface area contributed by atoms with Crippen LogP contribution in [0.3, 0.4) is 0 Å². The molecule has 0 fully saturated rings. The number of carbonyl (C=O) groups excluding carboxylic acids is 1. The van der Waals surface area contributed by atoms with E-state index in [0.29, 0.717) is 49.1 Å². The second kappa shape index (κ2) is 11.1. The van der Waals surface area contributed by atoms with Crippen molar-refractivity contribution in [1.82, 2.24) is 14.8 Å². The Kier molecular flexibility index (Phi) is 8.51. The van der Waals surface area contributed by atoms with Gasteiger partial charge in [-0.15, -0.1) is 16.8 Å². The maximum absolute atomic E-state index is 12.3. The van der Waals surface area contributed by atoms with E-state index in [1.165, 1.54) is 11.8 Å². The van der Waals surface area contributed by atoms with Gasteiger partial charge < -0.3 is 10.1 Å². The number of nitrogens with zero attached hydrogens (tertiary/aromatic N) is 3. The maximum Gasteiger partial charge on any atom is 0.234 e. The van der Waals surface area contributed by atoms with Crippen LogP contribution in [0.4, 0.5) is 5.69 Å². The molecule has 3 rings (SSSR count). The summed E-state index contributed by atoms with van der Waals surface area (Å²) in [6, 6.07) is 9.78. The first-order chi connectivity index (χ1) is 14.9. The Balaban J connectivity index is 1.64. The zero-order valence-corrected chi connectivity index (χ0v) is 19.8. The first kappa shape index (κ1) is 23.8. The number of hydrogen-bond donors (Lipinski definition) is 1. The lowest BCUT2D eigenvalue weighted by molar-refractivity contribution is -0.113. The molecule has 0 saturated carbocycles. The van der Waals surface area contributed by atoms with Crippen LogP contribution in [-0.2, 0) is 17.9 Å². The SMILES string of the molecule is C=CCn1c(COc2cc(Cl)ccc2Cl)nnc1SCC(=O)Nc1cc(Cl)cc(Cl)c1. The van der Waals surface area contributed by atoms with Gasteiger partial charge in [0.05, 0.1) is 10.8 Å². The highest BCUT2D eigenvalue weighted by molar-refractivity contribution is 7.99. The lowest BCUT2D eigenvalue weighted by Gasteiger charge is -2.10. The number of rotatable bonds is 9. The van der Waals surface area contributed by atoms with Crippen LogP contribution in [0.25, 0.3) is 0 Å². The molecule has 11 heteroatoms. The van der Waals surface area contributed by atoms with Crippen LogP contribution in [0.5, 0.6) is 5.75 Å². The van der Waals surface area contributed by atoms with Crippen LogP contribution in [0.1, 0.15) is 5.82 Å². The van der Waals surface area contributed by atoms with Crippen molar-refractivity contribution in [3.63, 3.8) is 0 Å². The fourth-order valence-electron chi connectivity index (χ4n) is 2.53. The fourth-order valence-corrected chi connectivity index (χ4v) is 4.16. The zero-order chi connectivity index (χ0) is 22.4. The van der Waals surface area contributed by atoms with Gasteiger partial charge in [-0.25, -0.2) is 0 Å². The van der Waals surface area contributed by atoms with Gasteiger partial charge in [0.2, 0.25) is 5.91 Å². The van der Waals surface area contributed by atoms with E-state index in [2.05, 4.69) is 22.1 Å². The van der Waals surface area contributed by atoms with Crippen LogP contribution in [-0.4, -0.2) is 26.4 Å². The van der Waals surface area contributed by atoms with Gasteiger partial charge in [-0.2, -0.15) is 0 Å². The summed E-state index contributed by atoms with van der Waals surface area (Å²) in [5.41, 5.74) is 0.517. The van der Waals surface area contributed by atoms with Gasteiger partial charge in [-0.05, 0) is 30.3 Å². The van der Waals surface area contributed by atoms with Gasteiger partial charge in [-0.3, -0.25) is 9.36 Å². The van der Waals surface area contributed by atoms with Crippen molar-refractivity contribution in [2.45, 2.75) is 18.3 Å². The molecule has 2 aromatic carbocycles. The van der Waals surface area contributed by atoms with Crippen molar-refractivity contribution in [1.29, 1.82) is 0 Å². The average molecular weight is 518 g/mol. The number of thioether (sulfide) groups is 1. The number of carbonyl (C=O) groups is 1. The Morgan fingerprint density at radius 2 is 1.84 bits per heavy atom. The topological polar surface area (TPSA) is 69.0 Å². The minimum atomic E-state index is -0.236. The molecule has 0 radical (unpaired) electrons. The Morgan fingerprint density at radius 1 is 1.10 bits per heavy atom. The second-order valence-electron chi connectivity index (χ2n) is 6.16. The predicted octanol–water partition coefficient (Wildman–Crippen LogP) is 6.39. The number of benzene rings is 2. The third kappa shape index (κ3) is 6.79. The normalized spacial score (nSPS) is 10.7. The number of ether oxygens (including phenoxy) is 1. The van der Waals surface area contributed by atoms with Crippen molar-refractivity contribution in [2.75, 3.05) is 11.1 Å². The number of anilines is 1. The van der Waals surface area contributed by atoms with Crippen LogP contribution < -0.4 is 10.1 Å². The fraction of sp³-hybridized carbons (Fsp3) is 0.150. The number of halogens is 4. The van der Waals surface area contributed by atoms with Crippen molar-refractivity contribution < 1.29 is 9.53 Å². The van der Waals surface area contributed by atoms with Crippen molar-refractivity contribution >= 4 is 69.8 Å². The third-order valence-corrected chi connectivity index (χ3v) is 5.78. The van der Waals surface area contributed by atoms with E-state index in [0.717, 1.165) is 0 Å². The van der Waals surface area contributed by atoms with Gasteiger partial charge in [0.1, 0.15) is 12.4 Å². The van der Waals surface area contributed by atoms with E-state index in [1.807, 2.05) is 0 Å². The Morgan fingerprint density at radius 3 is 2.55 bits per heavy atom. The lowest BCUT2D eigenvalue weighted by atomic mass is 10.3. The van der Waals surface area contributed by atoms with E-state index in [1.54, 1.807) is 47.0 Å². The molecule has 162 valence electrons. The smallest absolute Gasteiger partial charge is 0.234 e. The number of amides is 1. The molecule has 0 unspecified atom stereocenters. The molecule has 1 N–H and O–H groups in total. The van der Waals surface area contributed by atoms with Crippen LogP contribution in [0.2, 0.25) is 20.1 Å². The van der Waals surface area contributed by atoms with Crippen LogP contribution in [0, 0.1) is 0 Å². The largest absolute Gasteiger partial charge is 0.484 e. The number of aromatic nitrogens is 3.